The quantitative estimate of drug-likeness (QED) is 0.847. The fraction of sp³-hybridized carbons (Fsp3) is 0.471. The normalized spacial score (nSPS) is 35.4. The summed E-state index contributed by atoms with van der Waals surface area (Å²) in [4.78, 5) is 16.1. The topological polar surface area (TPSA) is 32.9 Å². The lowest BCUT2D eigenvalue weighted by Gasteiger charge is -2.40. The fourth-order valence-electron chi connectivity index (χ4n) is 4.89. The summed E-state index contributed by atoms with van der Waals surface area (Å²) in [6.07, 6.45) is 3.98. The number of aromatic amines is 1. The number of hydrogen-bond donors (Lipinski definition) is 1. The molecule has 0 spiro atoms. The second kappa shape index (κ2) is 4.71. The van der Waals surface area contributed by atoms with Crippen molar-refractivity contribution < 1.29 is 4.39 Å². The van der Waals surface area contributed by atoms with Crippen molar-refractivity contribution in [2.45, 2.75) is 35.5 Å². The van der Waals surface area contributed by atoms with Crippen LogP contribution in [0.4, 0.5) is 4.39 Å². The third-order valence-electron chi connectivity index (χ3n) is 5.69. The second-order valence-corrected chi connectivity index (χ2v) is 8.93. The molecule has 5 atom stereocenters. The lowest BCUT2D eigenvalue weighted by molar-refractivity contribution is 0.307. The van der Waals surface area contributed by atoms with E-state index in [0.717, 1.165) is 16.9 Å². The highest BCUT2D eigenvalue weighted by atomic mass is 32.2. The van der Waals surface area contributed by atoms with Crippen LogP contribution in [0.25, 0.3) is 0 Å². The average molecular weight is 333 g/mol. The Morgan fingerprint density at radius 3 is 2.73 bits per heavy atom. The zero-order valence-electron chi connectivity index (χ0n) is 11.9. The van der Waals surface area contributed by atoms with Gasteiger partial charge < -0.3 is 4.98 Å². The molecule has 0 radical (unpaired) electrons. The molecule has 0 amide bonds. The Kier molecular flexibility index (Phi) is 2.87. The molecule has 1 aromatic heterocycles. The standard InChI is InChI=1S/C17H16FNOS2/c18-11-5-3-8(4-6-11)12-13-9-1-2-10(7-9)14(13)21-16-15(12)22-17(20)19-16/h3-6,9-10,12-14H,1-2,7H2,(H,19,20)/t9-,10-,12-,13-,14-/m1/s1. The van der Waals surface area contributed by atoms with Crippen LogP contribution in [0.3, 0.4) is 0 Å². The van der Waals surface area contributed by atoms with E-state index < -0.39 is 0 Å². The highest BCUT2D eigenvalue weighted by Crippen LogP contribution is 2.63. The van der Waals surface area contributed by atoms with Crippen molar-refractivity contribution in [1.82, 2.24) is 4.98 Å². The Hall–Kier alpha value is -1.07. The van der Waals surface area contributed by atoms with Crippen molar-refractivity contribution in [3.8, 4) is 0 Å². The largest absolute Gasteiger partial charge is 0.307 e. The first kappa shape index (κ1) is 13.4. The van der Waals surface area contributed by atoms with Gasteiger partial charge >= 0.3 is 4.87 Å². The Morgan fingerprint density at radius 1 is 1.14 bits per heavy atom. The van der Waals surface area contributed by atoms with Gasteiger partial charge in [-0.05, 0) is 54.7 Å². The monoisotopic (exact) mass is 333 g/mol. The first-order chi connectivity index (χ1) is 10.7. The lowest BCUT2D eigenvalue weighted by Crippen LogP contribution is -2.33. The number of nitrogens with one attached hydrogen (secondary N) is 1. The van der Waals surface area contributed by atoms with Gasteiger partial charge in [-0.15, -0.1) is 11.8 Å². The molecular formula is C17H16FNOS2. The summed E-state index contributed by atoms with van der Waals surface area (Å²) in [6, 6.07) is 6.92. The predicted molar refractivity (Wildman–Crippen MR) is 87.1 cm³/mol. The molecule has 2 bridgehead atoms. The predicted octanol–water partition coefficient (Wildman–Crippen LogP) is 4.23. The molecule has 0 saturated heterocycles. The number of aromatic nitrogens is 1. The maximum Gasteiger partial charge on any atom is 0.305 e. The van der Waals surface area contributed by atoms with Crippen LogP contribution in [0.15, 0.2) is 34.1 Å². The molecule has 5 heteroatoms. The number of halogens is 1. The van der Waals surface area contributed by atoms with Crippen LogP contribution in [0, 0.1) is 23.6 Å². The fourth-order valence-corrected chi connectivity index (χ4v) is 7.79. The maximum atomic E-state index is 13.3. The van der Waals surface area contributed by atoms with E-state index in [-0.39, 0.29) is 16.6 Å². The minimum Gasteiger partial charge on any atom is -0.307 e. The van der Waals surface area contributed by atoms with E-state index in [0.29, 0.717) is 11.2 Å². The first-order valence-electron chi connectivity index (χ1n) is 7.86. The Bertz CT molecular complexity index is 781. The van der Waals surface area contributed by atoms with Crippen molar-refractivity contribution in [2.75, 3.05) is 0 Å². The summed E-state index contributed by atoms with van der Waals surface area (Å²) in [5.74, 6) is 2.23. The minimum atomic E-state index is -0.194. The summed E-state index contributed by atoms with van der Waals surface area (Å²) in [5, 5.41) is 1.68. The van der Waals surface area contributed by atoms with Crippen molar-refractivity contribution in [3.05, 3.63) is 50.2 Å². The average Bonchev–Trinajstić information content (AvgIpc) is 3.19. The number of H-pyrrole nitrogens is 1. The van der Waals surface area contributed by atoms with E-state index in [4.69, 9.17) is 0 Å². The summed E-state index contributed by atoms with van der Waals surface area (Å²) in [7, 11) is 0. The van der Waals surface area contributed by atoms with Crippen LogP contribution < -0.4 is 4.87 Å². The molecule has 114 valence electrons. The van der Waals surface area contributed by atoms with E-state index in [2.05, 4.69) is 4.98 Å². The molecule has 2 heterocycles. The number of thioether (sulfide) groups is 1. The van der Waals surface area contributed by atoms with Gasteiger partial charge in [-0.3, -0.25) is 4.79 Å². The number of rotatable bonds is 1. The van der Waals surface area contributed by atoms with Crippen LogP contribution in [0.1, 0.15) is 35.6 Å². The molecule has 3 aliphatic rings. The van der Waals surface area contributed by atoms with Crippen molar-refractivity contribution in [3.63, 3.8) is 0 Å². The van der Waals surface area contributed by atoms with E-state index in [1.807, 2.05) is 23.9 Å². The van der Waals surface area contributed by atoms with Gasteiger partial charge in [0.1, 0.15) is 5.82 Å². The zero-order chi connectivity index (χ0) is 14.8. The smallest absolute Gasteiger partial charge is 0.305 e. The zero-order valence-corrected chi connectivity index (χ0v) is 13.6. The van der Waals surface area contributed by atoms with Crippen molar-refractivity contribution >= 4 is 23.1 Å². The summed E-state index contributed by atoms with van der Waals surface area (Å²) in [6.45, 7) is 0. The molecule has 2 fully saturated rings. The third-order valence-corrected chi connectivity index (χ3v) is 8.32. The molecule has 0 unspecified atom stereocenters. The molecule has 2 saturated carbocycles. The highest BCUT2D eigenvalue weighted by Gasteiger charge is 2.54. The van der Waals surface area contributed by atoms with Crippen LogP contribution in [-0.2, 0) is 0 Å². The second-order valence-electron chi connectivity index (χ2n) is 6.73. The summed E-state index contributed by atoms with van der Waals surface area (Å²) in [5.41, 5.74) is 1.17. The molecule has 1 aromatic carbocycles. The van der Waals surface area contributed by atoms with Gasteiger partial charge in [-0.1, -0.05) is 23.5 Å². The molecule has 1 aliphatic heterocycles. The van der Waals surface area contributed by atoms with Crippen LogP contribution in [0.2, 0.25) is 0 Å². The van der Waals surface area contributed by atoms with Crippen LogP contribution in [-0.4, -0.2) is 10.2 Å². The lowest BCUT2D eigenvalue weighted by atomic mass is 9.75. The van der Waals surface area contributed by atoms with Gasteiger partial charge in [0.2, 0.25) is 0 Å². The first-order valence-corrected chi connectivity index (χ1v) is 9.55. The molecule has 1 N–H and O–H groups in total. The number of thiazole rings is 1. The Balaban J connectivity index is 1.68. The summed E-state index contributed by atoms with van der Waals surface area (Å²) >= 11 is 3.24. The van der Waals surface area contributed by atoms with Gasteiger partial charge in [-0.2, -0.15) is 0 Å². The summed E-state index contributed by atoms with van der Waals surface area (Å²) < 4.78 is 13.3. The Morgan fingerprint density at radius 2 is 1.91 bits per heavy atom. The van der Waals surface area contributed by atoms with Gasteiger partial charge in [-0.25, -0.2) is 4.39 Å². The molecule has 22 heavy (non-hydrogen) atoms. The highest BCUT2D eigenvalue weighted by molar-refractivity contribution is 8.00. The van der Waals surface area contributed by atoms with Crippen LogP contribution >= 0.6 is 23.1 Å². The van der Waals surface area contributed by atoms with E-state index in [1.165, 1.54) is 41.0 Å². The van der Waals surface area contributed by atoms with E-state index in [9.17, 15) is 9.18 Å². The maximum absolute atomic E-state index is 13.3. The van der Waals surface area contributed by atoms with Crippen molar-refractivity contribution in [2.24, 2.45) is 17.8 Å². The van der Waals surface area contributed by atoms with Gasteiger partial charge in [0, 0.05) is 16.0 Å². The molecule has 2 nitrogen and oxygen atoms in total. The SMILES string of the molecule is O=c1[nH]c2c(s1)[C@H](c1ccc(F)cc1)[C@H]1[C@@H]3CC[C@H](C3)[C@H]1S2. The Labute approximate surface area is 136 Å². The number of hydrogen-bond acceptors (Lipinski definition) is 3. The van der Waals surface area contributed by atoms with Gasteiger partial charge in [0.15, 0.2) is 0 Å². The third kappa shape index (κ3) is 1.81. The van der Waals surface area contributed by atoms with Crippen LogP contribution in [0.5, 0.6) is 0 Å². The molecular weight excluding hydrogens is 317 g/mol. The van der Waals surface area contributed by atoms with Gasteiger partial charge in [0.25, 0.3) is 0 Å². The molecule has 2 aliphatic carbocycles. The van der Waals surface area contributed by atoms with Gasteiger partial charge in [0.05, 0.1) is 5.03 Å². The van der Waals surface area contributed by atoms with Crippen molar-refractivity contribution in [1.29, 1.82) is 0 Å². The minimum absolute atomic E-state index is 0.0388. The number of fused-ring (bicyclic) bond motifs is 6. The number of benzene rings is 1. The molecule has 5 rings (SSSR count). The van der Waals surface area contributed by atoms with E-state index >= 15 is 0 Å². The molecule has 2 aromatic rings. The van der Waals surface area contributed by atoms with E-state index in [1.54, 1.807) is 12.1 Å².